The highest BCUT2D eigenvalue weighted by Gasteiger charge is 2.20. The van der Waals surface area contributed by atoms with Crippen LogP contribution in [0.25, 0.3) is 0 Å². The van der Waals surface area contributed by atoms with Crippen LogP contribution in [-0.4, -0.2) is 26.1 Å². The fourth-order valence-corrected chi connectivity index (χ4v) is 3.44. The Morgan fingerprint density at radius 3 is 2.56 bits per heavy atom. The van der Waals surface area contributed by atoms with Gasteiger partial charge in [0, 0.05) is 28.1 Å². The highest BCUT2D eigenvalue weighted by atomic mass is 35.5. The Kier molecular flexibility index (Phi) is 4.94. The number of halogens is 1. The lowest BCUT2D eigenvalue weighted by Crippen LogP contribution is -2.16. The third-order valence-corrected chi connectivity index (χ3v) is 5.08. The van der Waals surface area contributed by atoms with Gasteiger partial charge in [-0.1, -0.05) is 61.4 Å². The molecule has 0 N–H and O–H groups in total. The molecule has 1 aliphatic heterocycles. The number of benzene rings is 2. The third-order valence-electron chi connectivity index (χ3n) is 3.88. The third kappa shape index (κ3) is 4.28. The first-order valence-corrected chi connectivity index (χ1v) is 12.2. The second-order valence-corrected chi connectivity index (χ2v) is 12.4. The van der Waals surface area contributed by atoms with E-state index in [9.17, 15) is 4.79 Å². The molecule has 0 saturated carbocycles. The van der Waals surface area contributed by atoms with Gasteiger partial charge in [-0.05, 0) is 23.8 Å². The van der Waals surface area contributed by atoms with Crippen LogP contribution in [0.5, 0.6) is 0 Å². The van der Waals surface area contributed by atoms with Crippen LogP contribution in [0.4, 0.5) is 0 Å². The molecule has 2 aromatic rings. The number of fused-ring (bicyclic) bond motifs is 1. The minimum Gasteiger partial charge on any atom is -0.297 e. The molecule has 0 atom stereocenters. The number of nitrogens with zero attached hydrogens (tertiary/aromatic N) is 1. The fourth-order valence-electron chi connectivity index (χ4n) is 2.69. The molecular weight excluding hydrogens is 346 g/mol. The molecule has 25 heavy (non-hydrogen) atoms. The highest BCUT2D eigenvalue weighted by molar-refractivity contribution is 6.83. The standard InChI is InChI=1S/C21H20ClNOSi/c1-25(2,3)11-10-15-8-9-16-13-17(24)14-23-21(19(16)12-15)18-6-4-5-7-20(18)22/h4-9,12H,13-14H2,1-3H3. The van der Waals surface area contributed by atoms with Crippen LogP contribution in [0, 0.1) is 11.5 Å². The van der Waals surface area contributed by atoms with Crippen molar-refractivity contribution in [1.29, 1.82) is 0 Å². The van der Waals surface area contributed by atoms with Gasteiger partial charge in [0.25, 0.3) is 0 Å². The van der Waals surface area contributed by atoms with Crippen LogP contribution in [0.1, 0.15) is 22.3 Å². The van der Waals surface area contributed by atoms with Gasteiger partial charge in [-0.25, -0.2) is 0 Å². The Morgan fingerprint density at radius 1 is 1.08 bits per heavy atom. The Bertz CT molecular complexity index is 929. The topological polar surface area (TPSA) is 29.4 Å². The molecule has 0 amide bonds. The van der Waals surface area contributed by atoms with E-state index in [0.717, 1.165) is 28.0 Å². The number of hydrogen-bond donors (Lipinski definition) is 0. The van der Waals surface area contributed by atoms with Crippen molar-refractivity contribution >= 4 is 31.2 Å². The lowest BCUT2D eigenvalue weighted by atomic mass is 9.94. The predicted octanol–water partition coefficient (Wildman–Crippen LogP) is 4.53. The quantitative estimate of drug-likeness (QED) is 0.539. The van der Waals surface area contributed by atoms with E-state index in [1.807, 2.05) is 42.5 Å². The van der Waals surface area contributed by atoms with Gasteiger partial charge in [-0.3, -0.25) is 9.79 Å². The SMILES string of the molecule is C[Si](C)(C)C#Cc1ccc2c(c1)C(c1ccccc1Cl)=NCC(=O)C2. The zero-order chi connectivity index (χ0) is 18.0. The van der Waals surface area contributed by atoms with E-state index in [-0.39, 0.29) is 12.3 Å². The molecule has 0 fully saturated rings. The van der Waals surface area contributed by atoms with Gasteiger partial charge in [-0.15, -0.1) is 5.54 Å². The van der Waals surface area contributed by atoms with Gasteiger partial charge in [0.15, 0.2) is 5.78 Å². The summed E-state index contributed by atoms with van der Waals surface area (Å²) in [7, 11) is -1.45. The van der Waals surface area contributed by atoms with Crippen LogP contribution in [0.15, 0.2) is 47.5 Å². The van der Waals surface area contributed by atoms with Gasteiger partial charge < -0.3 is 0 Å². The van der Waals surface area contributed by atoms with Crippen molar-refractivity contribution in [3.05, 3.63) is 69.7 Å². The second-order valence-electron chi connectivity index (χ2n) is 7.23. The maximum absolute atomic E-state index is 12.1. The molecular formula is C21H20ClNOSi. The summed E-state index contributed by atoms with van der Waals surface area (Å²) >= 11 is 6.39. The monoisotopic (exact) mass is 365 g/mol. The first-order chi connectivity index (χ1) is 11.8. The molecule has 0 spiro atoms. The molecule has 126 valence electrons. The number of ketones is 1. The molecule has 0 radical (unpaired) electrons. The van der Waals surface area contributed by atoms with Crippen molar-refractivity contribution in [3.63, 3.8) is 0 Å². The van der Waals surface area contributed by atoms with E-state index in [2.05, 4.69) is 36.1 Å². The van der Waals surface area contributed by atoms with E-state index in [0.29, 0.717) is 11.4 Å². The Labute approximate surface area is 155 Å². The van der Waals surface area contributed by atoms with E-state index in [1.54, 1.807) is 0 Å². The van der Waals surface area contributed by atoms with Crippen LogP contribution in [-0.2, 0) is 11.2 Å². The van der Waals surface area contributed by atoms with Gasteiger partial charge in [0.2, 0.25) is 0 Å². The van der Waals surface area contributed by atoms with Crippen molar-refractivity contribution in [3.8, 4) is 11.5 Å². The Morgan fingerprint density at radius 2 is 1.84 bits per heavy atom. The van der Waals surface area contributed by atoms with Gasteiger partial charge in [0.1, 0.15) is 8.07 Å². The van der Waals surface area contributed by atoms with Crippen molar-refractivity contribution < 1.29 is 4.79 Å². The van der Waals surface area contributed by atoms with Crippen molar-refractivity contribution in [1.82, 2.24) is 0 Å². The van der Waals surface area contributed by atoms with Crippen LogP contribution >= 0.6 is 11.6 Å². The maximum atomic E-state index is 12.1. The zero-order valence-corrected chi connectivity index (χ0v) is 16.4. The number of aliphatic imine (C=N–C) groups is 1. The minimum atomic E-state index is -1.45. The Hall–Kier alpha value is -2.15. The summed E-state index contributed by atoms with van der Waals surface area (Å²) in [6, 6.07) is 13.7. The van der Waals surface area contributed by atoms with Crippen LogP contribution in [0.2, 0.25) is 24.7 Å². The van der Waals surface area contributed by atoms with E-state index in [1.165, 1.54) is 0 Å². The molecule has 0 unspecified atom stereocenters. The molecule has 2 aromatic carbocycles. The number of hydrogen-bond acceptors (Lipinski definition) is 2. The number of carbonyl (C=O) groups is 1. The summed E-state index contributed by atoms with van der Waals surface area (Å²) in [6.45, 7) is 6.85. The molecule has 2 nitrogen and oxygen atoms in total. The maximum Gasteiger partial charge on any atom is 0.158 e. The number of carbonyl (C=O) groups excluding carboxylic acids is 1. The summed E-state index contributed by atoms with van der Waals surface area (Å²) in [4.78, 5) is 16.7. The molecule has 3 rings (SSSR count). The van der Waals surface area contributed by atoms with E-state index >= 15 is 0 Å². The lowest BCUT2D eigenvalue weighted by Gasteiger charge is -2.12. The largest absolute Gasteiger partial charge is 0.297 e. The zero-order valence-electron chi connectivity index (χ0n) is 14.7. The van der Waals surface area contributed by atoms with Crippen molar-refractivity contribution in [2.24, 2.45) is 4.99 Å². The summed E-state index contributed by atoms with van der Waals surface area (Å²) in [5, 5.41) is 0.639. The van der Waals surface area contributed by atoms with Gasteiger partial charge >= 0.3 is 0 Å². The van der Waals surface area contributed by atoms with E-state index < -0.39 is 8.07 Å². The molecule has 0 bridgehead atoms. The molecule has 4 heteroatoms. The number of Topliss-reactive ketones (excluding diaryl/α,β-unsaturated/α-hetero) is 1. The van der Waals surface area contributed by atoms with Gasteiger partial charge in [0.05, 0.1) is 12.3 Å². The predicted molar refractivity (Wildman–Crippen MR) is 107 cm³/mol. The highest BCUT2D eigenvalue weighted by Crippen LogP contribution is 2.25. The average Bonchev–Trinajstić information content (AvgIpc) is 2.71. The summed E-state index contributed by atoms with van der Waals surface area (Å²) in [6.07, 6.45) is 0.397. The molecule has 0 aromatic heterocycles. The summed E-state index contributed by atoms with van der Waals surface area (Å²) in [5.74, 6) is 3.41. The first-order valence-electron chi connectivity index (χ1n) is 8.31. The normalized spacial score (nSPS) is 14.1. The fraction of sp³-hybridized carbons (Fsp3) is 0.238. The average molecular weight is 366 g/mol. The Balaban J connectivity index is 2.15. The van der Waals surface area contributed by atoms with Crippen LogP contribution < -0.4 is 0 Å². The van der Waals surface area contributed by atoms with E-state index in [4.69, 9.17) is 11.6 Å². The van der Waals surface area contributed by atoms with Crippen molar-refractivity contribution in [2.45, 2.75) is 26.1 Å². The first kappa shape index (κ1) is 17.7. The van der Waals surface area contributed by atoms with Gasteiger partial charge in [-0.2, -0.15) is 0 Å². The van der Waals surface area contributed by atoms with Crippen LogP contribution in [0.3, 0.4) is 0 Å². The molecule has 1 aliphatic rings. The smallest absolute Gasteiger partial charge is 0.158 e. The second kappa shape index (κ2) is 6.99. The molecule has 0 aliphatic carbocycles. The molecule has 1 heterocycles. The molecule has 0 saturated heterocycles. The summed E-state index contributed by atoms with van der Waals surface area (Å²) in [5.41, 5.74) is 7.93. The lowest BCUT2D eigenvalue weighted by molar-refractivity contribution is -0.117. The summed E-state index contributed by atoms with van der Waals surface area (Å²) < 4.78 is 0. The minimum absolute atomic E-state index is 0.115. The van der Waals surface area contributed by atoms with Crippen molar-refractivity contribution in [2.75, 3.05) is 6.54 Å². The number of rotatable bonds is 1.